The maximum atomic E-state index is 13.2. The maximum absolute atomic E-state index is 13.2. The van der Waals surface area contributed by atoms with Gasteiger partial charge in [-0.25, -0.2) is 0 Å². The second kappa shape index (κ2) is 10.8. The summed E-state index contributed by atoms with van der Waals surface area (Å²) in [5, 5.41) is 9.73. The molecule has 2 amide bonds. The fraction of sp³-hybridized carbons (Fsp3) is 0.583. The average molecular weight is 456 g/mol. The number of aromatic nitrogens is 2. The van der Waals surface area contributed by atoms with Crippen molar-refractivity contribution in [1.82, 2.24) is 25.7 Å². The molecule has 0 bridgehead atoms. The number of hydrogen-bond acceptors (Lipinski definition) is 7. The molecule has 2 aliphatic rings. The first-order chi connectivity index (χ1) is 16.0. The lowest BCUT2D eigenvalue weighted by molar-refractivity contribution is -0.135. The smallest absolute Gasteiger partial charge is 0.234 e. The molecule has 0 saturated carbocycles. The van der Waals surface area contributed by atoms with Crippen molar-refractivity contribution in [2.24, 2.45) is 5.41 Å². The third-order valence-electron chi connectivity index (χ3n) is 6.64. The van der Waals surface area contributed by atoms with Crippen LogP contribution in [-0.2, 0) is 22.6 Å². The molecule has 1 spiro atoms. The van der Waals surface area contributed by atoms with Crippen molar-refractivity contribution in [2.45, 2.75) is 52.0 Å². The average Bonchev–Trinajstić information content (AvgIpc) is 3.24. The van der Waals surface area contributed by atoms with Gasteiger partial charge >= 0.3 is 0 Å². The van der Waals surface area contributed by atoms with Crippen LogP contribution in [0.3, 0.4) is 0 Å². The minimum Gasteiger partial charge on any atom is -0.491 e. The largest absolute Gasteiger partial charge is 0.491 e. The van der Waals surface area contributed by atoms with Crippen molar-refractivity contribution < 1.29 is 18.8 Å². The summed E-state index contributed by atoms with van der Waals surface area (Å²) in [5.41, 5.74) is 0.865. The van der Waals surface area contributed by atoms with Gasteiger partial charge in [-0.1, -0.05) is 29.8 Å². The van der Waals surface area contributed by atoms with Crippen molar-refractivity contribution in [3.8, 4) is 5.75 Å². The van der Waals surface area contributed by atoms with E-state index < -0.39 is 0 Å². The Hall–Kier alpha value is -2.94. The van der Waals surface area contributed by atoms with Gasteiger partial charge in [0.1, 0.15) is 12.4 Å². The number of carbonyl (C=O) groups excluding carboxylic acids is 2. The second-order valence-electron chi connectivity index (χ2n) is 8.98. The fourth-order valence-electron chi connectivity index (χ4n) is 4.72. The molecule has 0 aliphatic carbocycles. The second-order valence-corrected chi connectivity index (χ2v) is 8.98. The summed E-state index contributed by atoms with van der Waals surface area (Å²) in [6, 6.07) is 8.16. The fourth-order valence-corrected chi connectivity index (χ4v) is 4.72. The molecule has 33 heavy (non-hydrogen) atoms. The first kappa shape index (κ1) is 23.2. The highest BCUT2D eigenvalue weighted by molar-refractivity contribution is 5.83. The molecule has 1 aromatic heterocycles. The Morgan fingerprint density at radius 1 is 1.21 bits per heavy atom. The van der Waals surface area contributed by atoms with Crippen LogP contribution in [0.1, 0.15) is 49.4 Å². The monoisotopic (exact) mass is 455 g/mol. The molecule has 1 aromatic carbocycles. The van der Waals surface area contributed by atoms with Crippen molar-refractivity contribution in [3.63, 3.8) is 0 Å². The van der Waals surface area contributed by atoms with E-state index in [1.165, 1.54) is 5.56 Å². The highest BCUT2D eigenvalue weighted by Crippen LogP contribution is 2.37. The summed E-state index contributed by atoms with van der Waals surface area (Å²) >= 11 is 0. The van der Waals surface area contributed by atoms with Crippen LogP contribution in [-0.4, -0.2) is 59.6 Å². The molecule has 4 rings (SSSR count). The number of aryl methyl sites for hydroxylation is 2. The molecule has 2 N–H and O–H groups in total. The number of amides is 2. The van der Waals surface area contributed by atoms with Gasteiger partial charge in [0.25, 0.3) is 0 Å². The van der Waals surface area contributed by atoms with E-state index in [-0.39, 0.29) is 23.8 Å². The Morgan fingerprint density at radius 3 is 2.82 bits per heavy atom. The van der Waals surface area contributed by atoms with Gasteiger partial charge in [0.05, 0.1) is 25.0 Å². The Kier molecular flexibility index (Phi) is 7.59. The number of nitrogens with zero attached hydrogens (tertiary/aromatic N) is 3. The number of hydrogen-bond donors (Lipinski definition) is 2. The maximum Gasteiger partial charge on any atom is 0.234 e. The molecule has 0 radical (unpaired) electrons. The van der Waals surface area contributed by atoms with Crippen LogP contribution >= 0.6 is 0 Å². The summed E-state index contributed by atoms with van der Waals surface area (Å²) in [5.74, 6) is 1.91. The van der Waals surface area contributed by atoms with Gasteiger partial charge in [0.15, 0.2) is 5.82 Å². The number of nitrogens with one attached hydrogen (secondary N) is 2. The quantitative estimate of drug-likeness (QED) is 0.726. The summed E-state index contributed by atoms with van der Waals surface area (Å²) in [4.78, 5) is 31.7. The van der Waals surface area contributed by atoms with Crippen LogP contribution in [0.5, 0.6) is 5.75 Å². The number of para-hydroxylation sites is 1. The Bertz CT molecular complexity index is 952. The van der Waals surface area contributed by atoms with Crippen molar-refractivity contribution in [2.75, 3.05) is 32.8 Å². The molecule has 9 heteroatoms. The van der Waals surface area contributed by atoms with E-state index >= 15 is 0 Å². The lowest BCUT2D eigenvalue weighted by Gasteiger charge is -2.40. The van der Waals surface area contributed by atoms with E-state index in [2.05, 4.69) is 31.7 Å². The Morgan fingerprint density at radius 2 is 2.03 bits per heavy atom. The molecule has 0 atom stereocenters. The molecule has 0 unspecified atom stereocenters. The van der Waals surface area contributed by atoms with E-state index in [9.17, 15) is 9.59 Å². The Balaban J connectivity index is 1.29. The van der Waals surface area contributed by atoms with Gasteiger partial charge in [0.2, 0.25) is 17.7 Å². The molecule has 9 nitrogen and oxygen atoms in total. The summed E-state index contributed by atoms with van der Waals surface area (Å²) < 4.78 is 10.8. The molecule has 2 aromatic rings. The molecule has 178 valence electrons. The van der Waals surface area contributed by atoms with Gasteiger partial charge in [-0.15, -0.1) is 0 Å². The predicted molar refractivity (Wildman–Crippen MR) is 121 cm³/mol. The van der Waals surface area contributed by atoms with Crippen molar-refractivity contribution in [3.05, 3.63) is 41.5 Å². The minimum atomic E-state index is -0.367. The standard InChI is InChI=1S/C24H33N5O4/c1-18-27-21(28-33-18)16-26-22(30)17-29-13-10-24(11-14-29)9-5-4-7-19-6-2-3-8-20(19)32-15-12-25-23(24)31/h2-3,6,8H,4-5,7,9-17H2,1H3,(H,25,31)(H,26,30). The lowest BCUT2D eigenvalue weighted by Crippen LogP contribution is -2.51. The van der Waals surface area contributed by atoms with Gasteiger partial charge in [-0.2, -0.15) is 4.98 Å². The van der Waals surface area contributed by atoms with Crippen molar-refractivity contribution >= 4 is 11.8 Å². The number of benzene rings is 1. The van der Waals surface area contributed by atoms with E-state index in [1.807, 2.05) is 18.2 Å². The third-order valence-corrected chi connectivity index (χ3v) is 6.64. The van der Waals surface area contributed by atoms with Crippen LogP contribution in [0.15, 0.2) is 28.8 Å². The molecule has 3 heterocycles. The third kappa shape index (κ3) is 6.10. The van der Waals surface area contributed by atoms with E-state index in [4.69, 9.17) is 9.26 Å². The molecular formula is C24H33N5O4. The highest BCUT2D eigenvalue weighted by Gasteiger charge is 2.40. The normalized spacial score (nSPS) is 19.5. The van der Waals surface area contributed by atoms with Crippen LogP contribution in [0, 0.1) is 12.3 Å². The SMILES string of the molecule is Cc1nc(CNC(=O)CN2CCC3(CCCCc4ccccc4OCCNC3=O)CC2)no1. The molecule has 1 saturated heterocycles. The topological polar surface area (TPSA) is 110 Å². The summed E-state index contributed by atoms with van der Waals surface area (Å²) in [6.45, 7) is 4.68. The zero-order chi connectivity index (χ0) is 23.1. The number of carbonyl (C=O) groups is 2. The van der Waals surface area contributed by atoms with Gasteiger partial charge < -0.3 is 19.9 Å². The summed E-state index contributed by atoms with van der Waals surface area (Å²) in [7, 11) is 0. The predicted octanol–water partition coefficient (Wildman–Crippen LogP) is 2.00. The lowest BCUT2D eigenvalue weighted by atomic mass is 9.73. The first-order valence-corrected chi connectivity index (χ1v) is 11.8. The van der Waals surface area contributed by atoms with Crippen LogP contribution < -0.4 is 15.4 Å². The number of piperidine rings is 1. The number of likely N-dealkylation sites (tertiary alicyclic amines) is 1. The molecular weight excluding hydrogens is 422 g/mol. The van der Waals surface area contributed by atoms with Gasteiger partial charge in [0, 0.05) is 6.92 Å². The van der Waals surface area contributed by atoms with Crippen LogP contribution in [0.25, 0.3) is 0 Å². The van der Waals surface area contributed by atoms with Gasteiger partial charge in [-0.05, 0) is 56.8 Å². The van der Waals surface area contributed by atoms with Gasteiger partial charge in [-0.3, -0.25) is 14.5 Å². The van der Waals surface area contributed by atoms with E-state index in [0.717, 1.165) is 57.4 Å². The van der Waals surface area contributed by atoms with Crippen molar-refractivity contribution in [1.29, 1.82) is 0 Å². The van der Waals surface area contributed by atoms with Crippen LogP contribution in [0.2, 0.25) is 0 Å². The first-order valence-electron chi connectivity index (χ1n) is 11.8. The van der Waals surface area contributed by atoms with E-state index in [0.29, 0.717) is 31.4 Å². The zero-order valence-electron chi connectivity index (χ0n) is 19.3. The molecule has 2 aliphatic heterocycles. The van der Waals surface area contributed by atoms with E-state index in [1.54, 1.807) is 6.92 Å². The summed E-state index contributed by atoms with van der Waals surface area (Å²) in [6.07, 6.45) is 5.36. The molecule has 1 fully saturated rings. The highest BCUT2D eigenvalue weighted by atomic mass is 16.5. The Labute approximate surface area is 194 Å². The zero-order valence-corrected chi connectivity index (χ0v) is 19.3. The number of ether oxygens (including phenoxy) is 1. The van der Waals surface area contributed by atoms with Crippen LogP contribution in [0.4, 0.5) is 0 Å². The number of rotatable bonds is 4. The number of fused-ring (bicyclic) bond motifs is 1. The minimum absolute atomic E-state index is 0.0765.